The van der Waals surface area contributed by atoms with Gasteiger partial charge in [0.1, 0.15) is 5.75 Å². The zero-order valence-electron chi connectivity index (χ0n) is 15.7. The molecule has 140 valence electrons. The number of hydrogen-bond acceptors (Lipinski definition) is 4. The van der Waals surface area contributed by atoms with Crippen LogP contribution >= 0.6 is 0 Å². The van der Waals surface area contributed by atoms with Crippen molar-refractivity contribution < 1.29 is 4.74 Å². The molecule has 0 N–H and O–H groups in total. The summed E-state index contributed by atoms with van der Waals surface area (Å²) in [5, 5.41) is 9.52. The van der Waals surface area contributed by atoms with Crippen molar-refractivity contribution >= 4 is 0 Å². The van der Waals surface area contributed by atoms with E-state index in [1.54, 1.807) is 60.5 Å². The molecule has 2 heterocycles. The number of rotatable bonds is 4. The van der Waals surface area contributed by atoms with E-state index in [0.717, 1.165) is 11.3 Å². The summed E-state index contributed by atoms with van der Waals surface area (Å²) in [6.45, 7) is 0. The van der Waals surface area contributed by atoms with Gasteiger partial charge in [-0.15, -0.1) is 0 Å². The smallest absolute Gasteiger partial charge is 0.263 e. The average Bonchev–Trinajstić information content (AvgIpc) is 2.80. The molecule has 0 aliphatic carbocycles. The fourth-order valence-electron chi connectivity index (χ4n) is 3.20. The van der Waals surface area contributed by atoms with Gasteiger partial charge in [0.15, 0.2) is 0 Å². The van der Waals surface area contributed by atoms with Crippen LogP contribution in [0.1, 0.15) is 5.56 Å². The normalized spacial score (nSPS) is 10.3. The first-order valence-corrected chi connectivity index (χ1v) is 9.03. The zero-order chi connectivity index (χ0) is 20.2. The van der Waals surface area contributed by atoms with Crippen molar-refractivity contribution in [2.75, 3.05) is 7.11 Å². The number of aromatic nitrogens is 2. The summed E-state index contributed by atoms with van der Waals surface area (Å²) in [4.78, 5) is 17.8. The van der Waals surface area contributed by atoms with E-state index < -0.39 is 0 Å². The fourth-order valence-corrected chi connectivity index (χ4v) is 3.20. The van der Waals surface area contributed by atoms with Gasteiger partial charge in [0, 0.05) is 34.8 Å². The first-order chi connectivity index (χ1) is 14.2. The molecular formula is C24H17N3O2. The van der Waals surface area contributed by atoms with E-state index >= 15 is 0 Å². The number of benzene rings is 2. The van der Waals surface area contributed by atoms with E-state index in [2.05, 4.69) is 11.1 Å². The van der Waals surface area contributed by atoms with Crippen molar-refractivity contribution in [3.8, 4) is 39.9 Å². The average molecular weight is 379 g/mol. The van der Waals surface area contributed by atoms with Gasteiger partial charge in [0.2, 0.25) is 0 Å². The second-order valence-corrected chi connectivity index (χ2v) is 6.39. The van der Waals surface area contributed by atoms with E-state index in [-0.39, 0.29) is 5.56 Å². The van der Waals surface area contributed by atoms with Crippen molar-refractivity contribution in [3.05, 3.63) is 101 Å². The minimum Gasteiger partial charge on any atom is -0.497 e. The first kappa shape index (κ1) is 18.2. The number of methoxy groups -OCH3 is 1. The Morgan fingerprint density at radius 1 is 0.966 bits per heavy atom. The minimum absolute atomic E-state index is 0.211. The molecule has 2 aromatic carbocycles. The number of ether oxygens (including phenoxy) is 1. The van der Waals surface area contributed by atoms with E-state index in [9.17, 15) is 10.1 Å². The third-order valence-corrected chi connectivity index (χ3v) is 4.67. The molecule has 0 amide bonds. The zero-order valence-corrected chi connectivity index (χ0v) is 15.7. The van der Waals surface area contributed by atoms with Crippen LogP contribution in [0.5, 0.6) is 5.75 Å². The monoisotopic (exact) mass is 379 g/mol. The maximum absolute atomic E-state index is 13.4. The predicted molar refractivity (Wildman–Crippen MR) is 112 cm³/mol. The summed E-state index contributed by atoms with van der Waals surface area (Å²) in [5.74, 6) is 0.706. The van der Waals surface area contributed by atoms with Crippen molar-refractivity contribution in [3.63, 3.8) is 0 Å². The number of nitrogens with zero attached hydrogens (tertiary/aromatic N) is 3. The molecule has 0 aliphatic heterocycles. The van der Waals surface area contributed by atoms with E-state index in [0.29, 0.717) is 28.1 Å². The summed E-state index contributed by atoms with van der Waals surface area (Å²) in [6, 6.07) is 23.9. The molecule has 5 heteroatoms. The van der Waals surface area contributed by atoms with Crippen LogP contribution in [0.15, 0.2) is 90.0 Å². The second kappa shape index (κ2) is 7.83. The lowest BCUT2D eigenvalue weighted by Gasteiger charge is -2.13. The quantitative estimate of drug-likeness (QED) is 0.525. The lowest BCUT2D eigenvalue weighted by atomic mass is 9.99. The van der Waals surface area contributed by atoms with Gasteiger partial charge < -0.3 is 4.74 Å². The molecule has 0 spiro atoms. The van der Waals surface area contributed by atoms with Crippen LogP contribution in [-0.4, -0.2) is 16.7 Å². The van der Waals surface area contributed by atoms with Gasteiger partial charge in [-0.1, -0.05) is 24.3 Å². The molecule has 0 fully saturated rings. The standard InChI is InChI=1S/C24H17N3O2/c1-29-20-11-9-19(10-12-20)27-16-18(23-8-4-5-13-26-23)14-22(24(27)28)21-7-3-2-6-17(21)15-25/h2-14,16H,1H3. The Hall–Kier alpha value is -4.17. The highest BCUT2D eigenvalue weighted by Crippen LogP contribution is 2.26. The molecule has 0 saturated heterocycles. The Labute approximate surface area is 168 Å². The lowest BCUT2D eigenvalue weighted by molar-refractivity contribution is 0.414. The van der Waals surface area contributed by atoms with E-state index in [1.165, 1.54) is 0 Å². The summed E-state index contributed by atoms with van der Waals surface area (Å²) in [5.41, 5.74) is 3.50. The van der Waals surface area contributed by atoms with Gasteiger partial charge in [0.25, 0.3) is 5.56 Å². The maximum atomic E-state index is 13.4. The highest BCUT2D eigenvalue weighted by Gasteiger charge is 2.15. The molecule has 0 unspecified atom stereocenters. The topological polar surface area (TPSA) is 67.9 Å². The number of nitriles is 1. The Morgan fingerprint density at radius 2 is 1.72 bits per heavy atom. The molecule has 0 atom stereocenters. The van der Waals surface area contributed by atoms with Crippen LogP contribution in [0.2, 0.25) is 0 Å². The van der Waals surface area contributed by atoms with Gasteiger partial charge in [0.05, 0.1) is 24.4 Å². The van der Waals surface area contributed by atoms with Crippen molar-refractivity contribution in [2.45, 2.75) is 0 Å². The second-order valence-electron chi connectivity index (χ2n) is 6.39. The molecule has 0 aliphatic rings. The maximum Gasteiger partial charge on any atom is 0.263 e. The van der Waals surface area contributed by atoms with Crippen LogP contribution in [0.3, 0.4) is 0 Å². The first-order valence-electron chi connectivity index (χ1n) is 9.03. The van der Waals surface area contributed by atoms with Crippen molar-refractivity contribution in [1.29, 1.82) is 5.26 Å². The Bertz CT molecular complexity index is 1250. The van der Waals surface area contributed by atoms with Gasteiger partial charge in [-0.3, -0.25) is 14.3 Å². The van der Waals surface area contributed by atoms with Gasteiger partial charge >= 0.3 is 0 Å². The summed E-state index contributed by atoms with van der Waals surface area (Å²) < 4.78 is 6.79. The van der Waals surface area contributed by atoms with Crippen LogP contribution in [0, 0.1) is 11.3 Å². The SMILES string of the molecule is COc1ccc(-n2cc(-c3ccccn3)cc(-c3ccccc3C#N)c2=O)cc1. The number of pyridine rings is 2. The summed E-state index contributed by atoms with van der Waals surface area (Å²) in [6.07, 6.45) is 3.48. The van der Waals surface area contributed by atoms with E-state index in [4.69, 9.17) is 4.74 Å². The molecular weight excluding hydrogens is 362 g/mol. The Balaban J connectivity index is 2.00. The van der Waals surface area contributed by atoms with Crippen molar-refractivity contribution in [2.24, 2.45) is 0 Å². The molecule has 0 radical (unpaired) electrons. The predicted octanol–water partition coefficient (Wildman–Crippen LogP) is 4.45. The Morgan fingerprint density at radius 3 is 2.41 bits per heavy atom. The third kappa shape index (κ3) is 3.52. The highest BCUT2D eigenvalue weighted by molar-refractivity contribution is 5.74. The molecule has 0 bridgehead atoms. The molecule has 0 saturated carbocycles. The molecule has 5 nitrogen and oxygen atoms in total. The van der Waals surface area contributed by atoms with Crippen molar-refractivity contribution in [1.82, 2.24) is 9.55 Å². The van der Waals surface area contributed by atoms with Gasteiger partial charge in [-0.25, -0.2) is 0 Å². The summed E-state index contributed by atoms with van der Waals surface area (Å²) in [7, 11) is 1.60. The summed E-state index contributed by atoms with van der Waals surface area (Å²) >= 11 is 0. The molecule has 29 heavy (non-hydrogen) atoms. The fraction of sp³-hybridized carbons (Fsp3) is 0.0417. The van der Waals surface area contributed by atoms with Gasteiger partial charge in [-0.2, -0.15) is 5.26 Å². The minimum atomic E-state index is -0.211. The van der Waals surface area contributed by atoms with Crippen LogP contribution in [0.25, 0.3) is 28.1 Å². The van der Waals surface area contributed by atoms with Crippen LogP contribution in [-0.2, 0) is 0 Å². The Kier molecular flexibility index (Phi) is 4.91. The lowest BCUT2D eigenvalue weighted by Crippen LogP contribution is -2.20. The van der Waals surface area contributed by atoms with Crippen LogP contribution in [0.4, 0.5) is 0 Å². The third-order valence-electron chi connectivity index (χ3n) is 4.67. The molecule has 2 aromatic heterocycles. The number of hydrogen-bond donors (Lipinski definition) is 0. The van der Waals surface area contributed by atoms with E-state index in [1.807, 2.05) is 36.4 Å². The highest BCUT2D eigenvalue weighted by atomic mass is 16.5. The molecule has 4 aromatic rings. The van der Waals surface area contributed by atoms with Gasteiger partial charge in [-0.05, 0) is 48.5 Å². The molecule has 4 rings (SSSR count). The van der Waals surface area contributed by atoms with Crippen LogP contribution < -0.4 is 10.3 Å². The largest absolute Gasteiger partial charge is 0.497 e.